The van der Waals surface area contributed by atoms with Crippen molar-refractivity contribution >= 4 is 10.1 Å². The second kappa shape index (κ2) is 14.3. The van der Waals surface area contributed by atoms with E-state index < -0.39 is 10.1 Å². The molecule has 0 spiro atoms. The molecule has 2 aromatic carbocycles. The van der Waals surface area contributed by atoms with Gasteiger partial charge in [0.1, 0.15) is 16.4 Å². The van der Waals surface area contributed by atoms with Gasteiger partial charge in [0.2, 0.25) is 0 Å². The summed E-state index contributed by atoms with van der Waals surface area (Å²) in [6.07, 6.45) is 15.5. The molecule has 0 aromatic heterocycles. The van der Waals surface area contributed by atoms with Crippen molar-refractivity contribution in [3.05, 3.63) is 54.1 Å². The van der Waals surface area contributed by atoms with Gasteiger partial charge >= 0.3 is 0 Å². The highest BCUT2D eigenvalue weighted by Gasteiger charge is 2.19. The van der Waals surface area contributed by atoms with Gasteiger partial charge in [-0.3, -0.25) is 4.55 Å². The first kappa shape index (κ1) is 25.4. The molecule has 31 heavy (non-hydrogen) atoms. The number of rotatable bonds is 16. The van der Waals surface area contributed by atoms with Crippen molar-refractivity contribution in [1.82, 2.24) is 0 Å². The highest BCUT2D eigenvalue weighted by atomic mass is 32.2. The maximum absolute atomic E-state index is 11.9. The van der Waals surface area contributed by atoms with Crippen LogP contribution < -0.4 is 4.74 Å². The molecule has 0 aliphatic rings. The van der Waals surface area contributed by atoms with Crippen LogP contribution in [0.2, 0.25) is 0 Å². The second-order valence-electron chi connectivity index (χ2n) is 8.26. The average Bonchev–Trinajstić information content (AvgIpc) is 2.75. The molecular weight excluding hydrogens is 408 g/mol. The van der Waals surface area contributed by atoms with Gasteiger partial charge < -0.3 is 4.74 Å². The molecule has 0 fully saturated rings. The second-order valence-corrected chi connectivity index (χ2v) is 9.65. The summed E-state index contributed by atoms with van der Waals surface area (Å²) in [5.74, 6) is 1.13. The summed E-state index contributed by atoms with van der Waals surface area (Å²) in [5.41, 5.74) is 0.556. The monoisotopic (exact) mass is 446 g/mol. The van der Waals surface area contributed by atoms with E-state index in [1.807, 2.05) is 30.3 Å². The maximum Gasteiger partial charge on any atom is 0.294 e. The molecule has 5 heteroatoms. The topological polar surface area (TPSA) is 63.6 Å². The first-order valence-corrected chi connectivity index (χ1v) is 13.3. The van der Waals surface area contributed by atoms with Crippen molar-refractivity contribution in [3.8, 4) is 11.5 Å². The Morgan fingerprint density at radius 1 is 0.710 bits per heavy atom. The summed E-state index contributed by atoms with van der Waals surface area (Å²) >= 11 is 0. The maximum atomic E-state index is 11.9. The predicted octanol–water partition coefficient (Wildman–Crippen LogP) is 7.97. The standard InChI is InChI=1S/C26H38O4S/c1-2-3-4-5-6-7-8-9-10-11-12-16-20-24-25(30-23-18-14-13-15-19-23)21-17-22-26(24)31(27,28)29/h13-15,17-19,21-22H,2-12,16,20H2,1H3,(H,27,28,29). The zero-order chi connectivity index (χ0) is 22.4. The summed E-state index contributed by atoms with van der Waals surface area (Å²) in [5, 5.41) is 0. The van der Waals surface area contributed by atoms with E-state index in [1.165, 1.54) is 63.9 Å². The van der Waals surface area contributed by atoms with E-state index in [9.17, 15) is 13.0 Å². The van der Waals surface area contributed by atoms with Crippen LogP contribution in [0.3, 0.4) is 0 Å². The molecule has 0 atom stereocenters. The van der Waals surface area contributed by atoms with Crippen LogP contribution in [-0.2, 0) is 16.5 Å². The van der Waals surface area contributed by atoms with Crippen molar-refractivity contribution in [3.63, 3.8) is 0 Å². The largest absolute Gasteiger partial charge is 0.457 e. The third-order valence-corrected chi connectivity index (χ3v) is 6.56. The van der Waals surface area contributed by atoms with Gasteiger partial charge in [-0.25, -0.2) is 0 Å². The molecule has 4 nitrogen and oxygen atoms in total. The van der Waals surface area contributed by atoms with Gasteiger partial charge in [-0.05, 0) is 37.1 Å². The molecular formula is C26H38O4S. The molecule has 2 rings (SSSR count). The number of unbranched alkanes of at least 4 members (excludes halogenated alkanes) is 11. The van der Waals surface area contributed by atoms with E-state index >= 15 is 0 Å². The third-order valence-electron chi connectivity index (χ3n) is 5.62. The van der Waals surface area contributed by atoms with Crippen molar-refractivity contribution in [2.75, 3.05) is 0 Å². The van der Waals surface area contributed by atoms with E-state index in [2.05, 4.69) is 6.92 Å². The van der Waals surface area contributed by atoms with Gasteiger partial charge in [0.15, 0.2) is 0 Å². The quantitative estimate of drug-likeness (QED) is 0.210. The smallest absolute Gasteiger partial charge is 0.294 e. The Morgan fingerprint density at radius 3 is 1.81 bits per heavy atom. The van der Waals surface area contributed by atoms with Crippen molar-refractivity contribution in [2.45, 2.75) is 95.3 Å². The molecule has 0 radical (unpaired) electrons. The number of hydrogen-bond acceptors (Lipinski definition) is 3. The van der Waals surface area contributed by atoms with Crippen LogP contribution in [0.4, 0.5) is 0 Å². The minimum Gasteiger partial charge on any atom is -0.457 e. The molecule has 0 unspecified atom stereocenters. The molecule has 2 aromatic rings. The summed E-state index contributed by atoms with van der Waals surface area (Å²) in [6, 6.07) is 14.1. The van der Waals surface area contributed by atoms with Gasteiger partial charge in [-0.15, -0.1) is 0 Å². The molecule has 0 aliphatic carbocycles. The van der Waals surface area contributed by atoms with E-state index in [1.54, 1.807) is 12.1 Å². The van der Waals surface area contributed by atoms with Crippen LogP contribution in [-0.4, -0.2) is 13.0 Å². The highest BCUT2D eigenvalue weighted by Crippen LogP contribution is 2.31. The third kappa shape index (κ3) is 9.88. The number of para-hydroxylation sites is 1. The Balaban J connectivity index is 1.79. The average molecular weight is 447 g/mol. The van der Waals surface area contributed by atoms with Crippen LogP contribution in [0, 0.1) is 0 Å². The lowest BCUT2D eigenvalue weighted by molar-refractivity contribution is 0.462. The van der Waals surface area contributed by atoms with Gasteiger partial charge in [0.25, 0.3) is 10.1 Å². The van der Waals surface area contributed by atoms with Crippen LogP contribution in [0.15, 0.2) is 53.4 Å². The Morgan fingerprint density at radius 2 is 1.26 bits per heavy atom. The minimum absolute atomic E-state index is 0.0518. The van der Waals surface area contributed by atoms with Gasteiger partial charge in [0.05, 0.1) is 0 Å². The van der Waals surface area contributed by atoms with Crippen LogP contribution in [0.5, 0.6) is 11.5 Å². The zero-order valence-corrected chi connectivity index (χ0v) is 19.7. The number of ether oxygens (including phenoxy) is 1. The first-order chi connectivity index (χ1) is 15.0. The SMILES string of the molecule is CCCCCCCCCCCCCCc1c(Oc2ccccc2)cccc1S(=O)(=O)O. The van der Waals surface area contributed by atoms with Gasteiger partial charge in [0, 0.05) is 5.56 Å². The highest BCUT2D eigenvalue weighted by molar-refractivity contribution is 7.85. The fourth-order valence-corrected chi connectivity index (χ4v) is 4.65. The van der Waals surface area contributed by atoms with Crippen LogP contribution in [0.25, 0.3) is 0 Å². The molecule has 0 saturated heterocycles. The molecule has 0 aliphatic heterocycles. The molecule has 172 valence electrons. The molecule has 0 bridgehead atoms. The minimum atomic E-state index is -4.29. The van der Waals surface area contributed by atoms with Crippen LogP contribution in [0.1, 0.15) is 89.5 Å². The summed E-state index contributed by atoms with van der Waals surface area (Å²) in [6.45, 7) is 2.25. The summed E-state index contributed by atoms with van der Waals surface area (Å²) in [7, 11) is -4.29. The Labute approximate surface area is 188 Å². The fraction of sp³-hybridized carbons (Fsp3) is 0.538. The van der Waals surface area contributed by atoms with Crippen molar-refractivity contribution in [2.24, 2.45) is 0 Å². The summed E-state index contributed by atoms with van der Waals surface area (Å²) in [4.78, 5) is -0.0518. The lowest BCUT2D eigenvalue weighted by Crippen LogP contribution is -2.05. The number of hydrogen-bond donors (Lipinski definition) is 1. The fourth-order valence-electron chi connectivity index (χ4n) is 3.89. The first-order valence-electron chi connectivity index (χ1n) is 11.8. The predicted molar refractivity (Wildman–Crippen MR) is 128 cm³/mol. The molecule has 0 heterocycles. The Kier molecular flexibility index (Phi) is 11.7. The molecule has 0 saturated carbocycles. The lowest BCUT2D eigenvalue weighted by atomic mass is 10.0. The van der Waals surface area contributed by atoms with Crippen molar-refractivity contribution in [1.29, 1.82) is 0 Å². The van der Waals surface area contributed by atoms with Gasteiger partial charge in [-0.2, -0.15) is 8.42 Å². The van der Waals surface area contributed by atoms with Gasteiger partial charge in [-0.1, -0.05) is 102 Å². The van der Waals surface area contributed by atoms with E-state index in [4.69, 9.17) is 4.74 Å². The van der Waals surface area contributed by atoms with Crippen LogP contribution >= 0.6 is 0 Å². The molecule has 0 amide bonds. The van der Waals surface area contributed by atoms with E-state index in [-0.39, 0.29) is 4.90 Å². The Hall–Kier alpha value is -1.85. The summed E-state index contributed by atoms with van der Waals surface area (Å²) < 4.78 is 39.3. The number of benzene rings is 2. The van der Waals surface area contributed by atoms with Crippen molar-refractivity contribution < 1.29 is 17.7 Å². The molecule has 1 N–H and O–H groups in total. The normalized spacial score (nSPS) is 11.5. The van der Waals surface area contributed by atoms with E-state index in [0.29, 0.717) is 23.5 Å². The zero-order valence-electron chi connectivity index (χ0n) is 18.9. The lowest BCUT2D eigenvalue weighted by Gasteiger charge is -2.14. The Bertz CT molecular complexity index is 847. The van der Waals surface area contributed by atoms with E-state index in [0.717, 1.165) is 19.3 Å².